The average Bonchev–Trinajstić information content (AvgIpc) is 3.40. The molecule has 0 radical (unpaired) electrons. The summed E-state index contributed by atoms with van der Waals surface area (Å²) in [5.41, 5.74) is 3.21. The van der Waals surface area contributed by atoms with E-state index in [0.717, 1.165) is 39.3 Å². The summed E-state index contributed by atoms with van der Waals surface area (Å²) in [6, 6.07) is 26.5. The Bertz CT molecular complexity index is 1080. The summed E-state index contributed by atoms with van der Waals surface area (Å²) in [6.07, 6.45) is 0.825. The maximum absolute atomic E-state index is 13.5. The molecule has 0 unspecified atom stereocenters. The number of carbonyl (C=O) groups is 1. The van der Waals surface area contributed by atoms with E-state index >= 15 is 0 Å². The number of fused-ring (bicyclic) bond motifs is 1. The third kappa shape index (κ3) is 6.17. The number of morpholine rings is 1. The lowest BCUT2D eigenvalue weighted by molar-refractivity contribution is 0.0351. The van der Waals surface area contributed by atoms with Crippen molar-refractivity contribution in [3.05, 3.63) is 90.0 Å². The van der Waals surface area contributed by atoms with E-state index in [1.165, 1.54) is 11.1 Å². The smallest absolute Gasteiger partial charge is 0.321 e. The molecule has 3 aromatic rings. The van der Waals surface area contributed by atoms with Gasteiger partial charge in [-0.15, -0.1) is 0 Å². The van der Waals surface area contributed by atoms with Crippen molar-refractivity contribution in [1.29, 1.82) is 0 Å². The Morgan fingerprint density at radius 3 is 2.22 bits per heavy atom. The maximum Gasteiger partial charge on any atom is 0.321 e. The van der Waals surface area contributed by atoms with E-state index in [4.69, 9.17) is 14.2 Å². The molecule has 2 aliphatic heterocycles. The molecular formula is C29H33N3O4. The first-order valence-corrected chi connectivity index (χ1v) is 12.6. The standard InChI is InChI=1S/C29H33N3O4/c33-29(30-25-11-12-27-28(21-25)36-22-35-27)32(16-15-31-17-19-34-20-18-31)14-13-26(23-7-3-1-4-8-23)24-9-5-2-6-10-24/h1-12,21,26H,13-20,22H2,(H,30,33). The number of hydrogen-bond donors (Lipinski definition) is 1. The summed E-state index contributed by atoms with van der Waals surface area (Å²) >= 11 is 0. The summed E-state index contributed by atoms with van der Waals surface area (Å²) < 4.78 is 16.4. The van der Waals surface area contributed by atoms with E-state index in [-0.39, 0.29) is 18.7 Å². The maximum atomic E-state index is 13.5. The van der Waals surface area contributed by atoms with Crippen molar-refractivity contribution in [2.75, 3.05) is 58.0 Å². The SMILES string of the molecule is O=C(Nc1ccc2c(c1)OCO2)N(CCC(c1ccccc1)c1ccccc1)CCN1CCOCC1. The average molecular weight is 488 g/mol. The van der Waals surface area contributed by atoms with Crippen LogP contribution in [0.15, 0.2) is 78.9 Å². The van der Waals surface area contributed by atoms with Crippen LogP contribution in [0.25, 0.3) is 0 Å². The van der Waals surface area contributed by atoms with Gasteiger partial charge in [0.15, 0.2) is 11.5 Å². The molecule has 7 heteroatoms. The van der Waals surface area contributed by atoms with Gasteiger partial charge >= 0.3 is 6.03 Å². The van der Waals surface area contributed by atoms with E-state index in [9.17, 15) is 4.79 Å². The van der Waals surface area contributed by atoms with Crippen LogP contribution < -0.4 is 14.8 Å². The van der Waals surface area contributed by atoms with Crippen LogP contribution >= 0.6 is 0 Å². The van der Waals surface area contributed by atoms with Gasteiger partial charge < -0.3 is 24.4 Å². The Balaban J connectivity index is 1.31. The van der Waals surface area contributed by atoms with Gasteiger partial charge in [-0.1, -0.05) is 60.7 Å². The minimum absolute atomic E-state index is 0.109. The summed E-state index contributed by atoms with van der Waals surface area (Å²) in [7, 11) is 0. The molecule has 0 aliphatic carbocycles. The second-order valence-corrected chi connectivity index (χ2v) is 9.10. The normalized spacial score (nSPS) is 15.1. The minimum atomic E-state index is -0.109. The number of urea groups is 1. The predicted molar refractivity (Wildman–Crippen MR) is 140 cm³/mol. The van der Waals surface area contributed by atoms with Crippen LogP contribution in [0.3, 0.4) is 0 Å². The Morgan fingerprint density at radius 1 is 0.861 bits per heavy atom. The molecule has 0 saturated carbocycles. The Labute approximate surface area is 212 Å². The molecule has 2 amide bonds. The number of amides is 2. The molecule has 1 saturated heterocycles. The van der Waals surface area contributed by atoms with Crippen molar-refractivity contribution in [3.8, 4) is 11.5 Å². The molecular weight excluding hydrogens is 454 g/mol. The second-order valence-electron chi connectivity index (χ2n) is 9.10. The quantitative estimate of drug-likeness (QED) is 0.470. The monoisotopic (exact) mass is 487 g/mol. The third-order valence-electron chi connectivity index (χ3n) is 6.79. The molecule has 1 N–H and O–H groups in total. The number of carbonyl (C=O) groups excluding carboxylic acids is 1. The molecule has 36 heavy (non-hydrogen) atoms. The van der Waals surface area contributed by atoms with E-state index in [2.05, 4.69) is 58.7 Å². The van der Waals surface area contributed by atoms with Gasteiger partial charge in [0, 0.05) is 50.4 Å². The summed E-state index contributed by atoms with van der Waals surface area (Å²) in [4.78, 5) is 17.8. The van der Waals surface area contributed by atoms with Crippen molar-refractivity contribution in [3.63, 3.8) is 0 Å². The van der Waals surface area contributed by atoms with Crippen LogP contribution in [-0.4, -0.2) is 68.6 Å². The van der Waals surface area contributed by atoms with E-state index < -0.39 is 0 Å². The van der Waals surface area contributed by atoms with E-state index in [1.54, 1.807) is 0 Å². The lowest BCUT2D eigenvalue weighted by atomic mass is 9.88. The van der Waals surface area contributed by atoms with Crippen LogP contribution in [0.2, 0.25) is 0 Å². The highest BCUT2D eigenvalue weighted by Gasteiger charge is 2.21. The number of benzene rings is 3. The van der Waals surface area contributed by atoms with Crippen LogP contribution in [0.5, 0.6) is 11.5 Å². The van der Waals surface area contributed by atoms with Crippen molar-refractivity contribution < 1.29 is 19.0 Å². The zero-order valence-electron chi connectivity index (χ0n) is 20.5. The molecule has 1 fully saturated rings. The van der Waals surface area contributed by atoms with Gasteiger partial charge in [-0.2, -0.15) is 0 Å². The molecule has 5 rings (SSSR count). The van der Waals surface area contributed by atoms with Crippen molar-refractivity contribution in [1.82, 2.24) is 9.80 Å². The largest absolute Gasteiger partial charge is 0.454 e. The van der Waals surface area contributed by atoms with Crippen LogP contribution in [0.4, 0.5) is 10.5 Å². The molecule has 2 aliphatic rings. The van der Waals surface area contributed by atoms with Crippen LogP contribution in [0.1, 0.15) is 23.5 Å². The molecule has 188 valence electrons. The highest BCUT2D eigenvalue weighted by atomic mass is 16.7. The van der Waals surface area contributed by atoms with Gasteiger partial charge in [-0.3, -0.25) is 4.90 Å². The highest BCUT2D eigenvalue weighted by Crippen LogP contribution is 2.34. The highest BCUT2D eigenvalue weighted by molar-refractivity contribution is 5.89. The topological polar surface area (TPSA) is 63.3 Å². The fourth-order valence-electron chi connectivity index (χ4n) is 4.76. The van der Waals surface area contributed by atoms with Crippen LogP contribution in [-0.2, 0) is 4.74 Å². The Morgan fingerprint density at radius 2 is 1.53 bits per heavy atom. The summed E-state index contributed by atoms with van der Waals surface area (Å²) in [5.74, 6) is 1.56. The first-order valence-electron chi connectivity index (χ1n) is 12.6. The van der Waals surface area contributed by atoms with Gasteiger partial charge in [0.25, 0.3) is 0 Å². The molecule has 2 heterocycles. The fraction of sp³-hybridized carbons (Fsp3) is 0.345. The molecule has 0 atom stereocenters. The minimum Gasteiger partial charge on any atom is -0.454 e. The molecule has 0 aromatic heterocycles. The third-order valence-corrected chi connectivity index (χ3v) is 6.79. The zero-order chi connectivity index (χ0) is 24.6. The molecule has 0 spiro atoms. The molecule has 7 nitrogen and oxygen atoms in total. The second kappa shape index (κ2) is 11.9. The van der Waals surface area contributed by atoms with Gasteiger partial charge in [0.05, 0.1) is 13.2 Å². The first-order chi connectivity index (χ1) is 17.8. The van der Waals surface area contributed by atoms with E-state index in [0.29, 0.717) is 30.3 Å². The van der Waals surface area contributed by atoms with Crippen molar-refractivity contribution in [2.24, 2.45) is 0 Å². The van der Waals surface area contributed by atoms with Crippen molar-refractivity contribution in [2.45, 2.75) is 12.3 Å². The number of nitrogens with one attached hydrogen (secondary N) is 1. The zero-order valence-corrected chi connectivity index (χ0v) is 20.5. The number of hydrogen-bond acceptors (Lipinski definition) is 5. The summed E-state index contributed by atoms with van der Waals surface area (Å²) in [6.45, 7) is 5.59. The fourth-order valence-corrected chi connectivity index (χ4v) is 4.76. The van der Waals surface area contributed by atoms with Gasteiger partial charge in [-0.05, 0) is 29.7 Å². The van der Waals surface area contributed by atoms with Gasteiger partial charge in [0.1, 0.15) is 0 Å². The van der Waals surface area contributed by atoms with Crippen molar-refractivity contribution >= 4 is 11.7 Å². The lowest BCUT2D eigenvalue weighted by Gasteiger charge is -2.31. The van der Waals surface area contributed by atoms with E-state index in [1.807, 2.05) is 35.2 Å². The van der Waals surface area contributed by atoms with Gasteiger partial charge in [-0.25, -0.2) is 4.79 Å². The molecule has 3 aromatic carbocycles. The number of rotatable bonds is 9. The Kier molecular flexibility index (Phi) is 8.00. The van der Waals surface area contributed by atoms with Gasteiger partial charge in [0.2, 0.25) is 6.79 Å². The number of anilines is 1. The predicted octanol–water partition coefficient (Wildman–Crippen LogP) is 4.80. The number of nitrogens with zero attached hydrogens (tertiary/aromatic N) is 2. The molecule has 0 bridgehead atoms. The lowest BCUT2D eigenvalue weighted by Crippen LogP contribution is -2.44. The first kappa shape index (κ1) is 24.2. The van der Waals surface area contributed by atoms with Crippen LogP contribution in [0, 0.1) is 0 Å². The Hall–Kier alpha value is -3.55. The number of ether oxygens (including phenoxy) is 3. The summed E-state index contributed by atoms with van der Waals surface area (Å²) in [5, 5.41) is 3.07.